The Labute approximate surface area is 76.0 Å². The Kier molecular flexibility index (Phi) is 1.90. The Balaban J connectivity index is 2.62. The van der Waals surface area contributed by atoms with Gasteiger partial charge in [-0.05, 0) is 12.1 Å². The molecule has 3 heteroatoms. The molecule has 1 N–H and O–H groups in total. The van der Waals surface area contributed by atoms with Crippen molar-refractivity contribution < 1.29 is 9.84 Å². The summed E-state index contributed by atoms with van der Waals surface area (Å²) in [4.78, 5) is 4.29. The van der Waals surface area contributed by atoms with E-state index in [0.717, 1.165) is 10.6 Å². The SMILES string of the molecule is COC1(CO)C=c2ccccc2=N1. The number of benzene rings is 1. The van der Waals surface area contributed by atoms with Crippen LogP contribution in [0.5, 0.6) is 0 Å². The zero-order valence-electron chi connectivity index (χ0n) is 7.40. The lowest BCUT2D eigenvalue weighted by molar-refractivity contribution is 0.00482. The highest BCUT2D eigenvalue weighted by Gasteiger charge is 2.27. The van der Waals surface area contributed by atoms with Crippen LogP contribution in [0.3, 0.4) is 0 Å². The first-order chi connectivity index (χ1) is 6.29. The van der Waals surface area contributed by atoms with Gasteiger partial charge in [0.1, 0.15) is 0 Å². The Bertz CT molecular complexity index is 384. The minimum atomic E-state index is -0.857. The molecule has 1 aliphatic heterocycles. The number of aliphatic hydroxyl groups is 1. The standard InChI is InChI=1S/C10H11NO2/c1-13-10(7-12)6-8-4-2-3-5-9(8)11-10/h2-6,12H,7H2,1H3. The largest absolute Gasteiger partial charge is 0.391 e. The van der Waals surface area contributed by atoms with E-state index in [9.17, 15) is 0 Å². The van der Waals surface area contributed by atoms with Gasteiger partial charge in [-0.15, -0.1) is 0 Å². The van der Waals surface area contributed by atoms with Crippen molar-refractivity contribution in [3.63, 3.8) is 0 Å². The van der Waals surface area contributed by atoms with Crippen molar-refractivity contribution >= 4 is 6.08 Å². The third-order valence-corrected chi connectivity index (χ3v) is 2.21. The normalized spacial score (nSPS) is 24.8. The minimum absolute atomic E-state index is 0.127. The zero-order valence-corrected chi connectivity index (χ0v) is 7.40. The molecular formula is C10H11NO2. The molecule has 1 heterocycles. The van der Waals surface area contributed by atoms with Gasteiger partial charge < -0.3 is 9.84 Å². The summed E-state index contributed by atoms with van der Waals surface area (Å²) in [5, 5.41) is 11.0. The van der Waals surface area contributed by atoms with Crippen molar-refractivity contribution in [1.82, 2.24) is 0 Å². The second-order valence-corrected chi connectivity index (χ2v) is 3.02. The van der Waals surface area contributed by atoms with Gasteiger partial charge in [0.25, 0.3) is 0 Å². The highest BCUT2D eigenvalue weighted by atomic mass is 16.5. The van der Waals surface area contributed by atoms with Crippen molar-refractivity contribution in [2.45, 2.75) is 5.72 Å². The molecule has 13 heavy (non-hydrogen) atoms. The fourth-order valence-corrected chi connectivity index (χ4v) is 1.44. The number of fused-ring (bicyclic) bond motifs is 1. The van der Waals surface area contributed by atoms with E-state index in [1.165, 1.54) is 0 Å². The number of hydrogen-bond donors (Lipinski definition) is 1. The maximum absolute atomic E-state index is 9.14. The quantitative estimate of drug-likeness (QED) is 0.657. The van der Waals surface area contributed by atoms with Gasteiger partial charge in [0, 0.05) is 12.3 Å². The second kappa shape index (κ2) is 2.94. The molecule has 0 saturated heterocycles. The first-order valence-electron chi connectivity index (χ1n) is 4.13. The summed E-state index contributed by atoms with van der Waals surface area (Å²) in [5.41, 5.74) is -0.857. The molecule has 0 amide bonds. The van der Waals surface area contributed by atoms with Crippen molar-refractivity contribution in [3.05, 3.63) is 34.8 Å². The lowest BCUT2D eigenvalue weighted by Crippen LogP contribution is -2.29. The van der Waals surface area contributed by atoms with Gasteiger partial charge in [0.15, 0.2) is 0 Å². The third-order valence-electron chi connectivity index (χ3n) is 2.21. The predicted octanol–water partition coefficient (Wildman–Crippen LogP) is -0.565. The molecular weight excluding hydrogens is 166 g/mol. The Morgan fingerprint density at radius 2 is 2.23 bits per heavy atom. The fourth-order valence-electron chi connectivity index (χ4n) is 1.44. The Morgan fingerprint density at radius 3 is 2.85 bits per heavy atom. The molecule has 1 atom stereocenters. The lowest BCUT2D eigenvalue weighted by atomic mass is 10.2. The Hall–Kier alpha value is -1.19. The molecule has 0 radical (unpaired) electrons. The van der Waals surface area contributed by atoms with E-state index in [0.29, 0.717) is 0 Å². The molecule has 2 rings (SSSR count). The van der Waals surface area contributed by atoms with Crippen molar-refractivity contribution in [3.8, 4) is 0 Å². The van der Waals surface area contributed by atoms with Crippen LogP contribution < -0.4 is 10.6 Å². The average molecular weight is 177 g/mol. The van der Waals surface area contributed by atoms with Gasteiger partial charge in [0.2, 0.25) is 5.72 Å². The lowest BCUT2D eigenvalue weighted by Gasteiger charge is -2.18. The average Bonchev–Trinajstić information content (AvgIpc) is 2.57. The predicted molar refractivity (Wildman–Crippen MR) is 48.5 cm³/mol. The van der Waals surface area contributed by atoms with Gasteiger partial charge in [-0.3, -0.25) is 0 Å². The van der Waals surface area contributed by atoms with E-state index in [4.69, 9.17) is 9.84 Å². The molecule has 0 fully saturated rings. The molecule has 1 unspecified atom stereocenters. The summed E-state index contributed by atoms with van der Waals surface area (Å²) in [7, 11) is 1.54. The number of para-hydroxylation sites is 1. The minimum Gasteiger partial charge on any atom is -0.391 e. The van der Waals surface area contributed by atoms with Gasteiger partial charge in [-0.2, -0.15) is 0 Å². The zero-order chi connectivity index (χ0) is 9.31. The molecule has 1 aromatic carbocycles. The molecule has 3 nitrogen and oxygen atoms in total. The third kappa shape index (κ3) is 1.26. The van der Waals surface area contributed by atoms with E-state index >= 15 is 0 Å². The smallest absolute Gasteiger partial charge is 0.202 e. The first kappa shape index (κ1) is 8.41. The van der Waals surface area contributed by atoms with E-state index in [-0.39, 0.29) is 6.61 Å². The van der Waals surface area contributed by atoms with Crippen molar-refractivity contribution in [2.75, 3.05) is 13.7 Å². The van der Waals surface area contributed by atoms with Gasteiger partial charge in [-0.1, -0.05) is 18.2 Å². The van der Waals surface area contributed by atoms with E-state index in [2.05, 4.69) is 4.99 Å². The molecule has 0 bridgehead atoms. The molecule has 68 valence electrons. The maximum Gasteiger partial charge on any atom is 0.202 e. The number of aliphatic hydroxyl groups excluding tert-OH is 1. The molecule has 1 aromatic rings. The van der Waals surface area contributed by atoms with Crippen LogP contribution in [0.25, 0.3) is 6.08 Å². The summed E-state index contributed by atoms with van der Waals surface area (Å²) in [6.45, 7) is -0.127. The Morgan fingerprint density at radius 1 is 1.46 bits per heavy atom. The van der Waals surface area contributed by atoms with E-state index < -0.39 is 5.72 Å². The molecule has 0 saturated carbocycles. The van der Waals surface area contributed by atoms with E-state index in [1.807, 2.05) is 30.3 Å². The summed E-state index contributed by atoms with van der Waals surface area (Å²) in [6.07, 6.45) is 1.84. The summed E-state index contributed by atoms with van der Waals surface area (Å²) < 4.78 is 5.16. The summed E-state index contributed by atoms with van der Waals surface area (Å²) in [6, 6.07) is 7.71. The van der Waals surface area contributed by atoms with Crippen LogP contribution >= 0.6 is 0 Å². The van der Waals surface area contributed by atoms with Crippen LogP contribution in [-0.2, 0) is 4.74 Å². The van der Waals surface area contributed by atoms with Crippen LogP contribution in [-0.4, -0.2) is 24.5 Å². The van der Waals surface area contributed by atoms with Crippen molar-refractivity contribution in [1.29, 1.82) is 0 Å². The first-order valence-corrected chi connectivity index (χ1v) is 4.13. The number of hydrogen-bond acceptors (Lipinski definition) is 3. The van der Waals surface area contributed by atoms with Crippen LogP contribution in [0.4, 0.5) is 0 Å². The van der Waals surface area contributed by atoms with Gasteiger partial charge in [-0.25, -0.2) is 4.99 Å². The van der Waals surface area contributed by atoms with E-state index in [1.54, 1.807) is 7.11 Å². The molecule has 0 spiro atoms. The topological polar surface area (TPSA) is 41.8 Å². The van der Waals surface area contributed by atoms with Crippen molar-refractivity contribution in [2.24, 2.45) is 4.99 Å². The summed E-state index contributed by atoms with van der Waals surface area (Å²) in [5.74, 6) is 0. The maximum atomic E-state index is 9.14. The molecule has 0 aliphatic carbocycles. The fraction of sp³-hybridized carbons (Fsp3) is 0.300. The van der Waals surface area contributed by atoms with Gasteiger partial charge in [0.05, 0.1) is 12.0 Å². The number of nitrogens with zero attached hydrogens (tertiary/aromatic N) is 1. The van der Waals surface area contributed by atoms with Crippen LogP contribution in [0.2, 0.25) is 0 Å². The van der Waals surface area contributed by atoms with Crippen LogP contribution in [0.15, 0.2) is 29.3 Å². The number of rotatable bonds is 2. The second-order valence-electron chi connectivity index (χ2n) is 3.02. The summed E-state index contributed by atoms with van der Waals surface area (Å²) >= 11 is 0. The van der Waals surface area contributed by atoms with Crippen LogP contribution in [0.1, 0.15) is 0 Å². The molecule has 1 aliphatic rings. The number of ether oxygens (including phenoxy) is 1. The van der Waals surface area contributed by atoms with Crippen LogP contribution in [0, 0.1) is 0 Å². The monoisotopic (exact) mass is 177 g/mol. The van der Waals surface area contributed by atoms with Gasteiger partial charge >= 0.3 is 0 Å². The number of methoxy groups -OCH3 is 1. The molecule has 0 aromatic heterocycles. The highest BCUT2D eigenvalue weighted by Crippen LogP contribution is 2.13. The highest BCUT2D eigenvalue weighted by molar-refractivity contribution is 5.38.